The Labute approximate surface area is 105 Å². The van der Waals surface area contributed by atoms with Crippen molar-refractivity contribution in [3.8, 4) is 0 Å². The minimum absolute atomic E-state index is 0.0622. The van der Waals surface area contributed by atoms with Crippen LogP contribution >= 0.6 is 11.3 Å². The number of rotatable bonds is 2. The van der Waals surface area contributed by atoms with Crippen LogP contribution in [-0.2, 0) is 0 Å². The molecule has 0 unspecified atom stereocenters. The summed E-state index contributed by atoms with van der Waals surface area (Å²) >= 11 is 0.830. The first kappa shape index (κ1) is 12.4. The molecule has 94 valence electrons. The first-order valence-electron chi connectivity index (χ1n) is 4.84. The second-order valence-corrected chi connectivity index (χ2v) is 4.46. The van der Waals surface area contributed by atoms with Crippen LogP contribution in [-0.4, -0.2) is 16.1 Å². The fourth-order valence-corrected chi connectivity index (χ4v) is 1.77. The monoisotopic (exact) mass is 270 g/mol. The number of halogens is 2. The molecule has 0 atom stereocenters. The molecular weight excluding hydrogens is 262 g/mol. The molecular formula is C10H8F2N4OS. The number of aryl methyl sites for hydroxylation is 1. The van der Waals surface area contributed by atoms with E-state index in [9.17, 15) is 13.6 Å². The minimum atomic E-state index is -0.857. The van der Waals surface area contributed by atoms with E-state index in [1.54, 1.807) is 0 Å². The van der Waals surface area contributed by atoms with Gasteiger partial charge < -0.3 is 11.1 Å². The molecule has 3 N–H and O–H groups in total. The number of anilines is 2. The zero-order valence-corrected chi connectivity index (χ0v) is 10.0. The number of hydrogen-bond acceptors (Lipinski definition) is 5. The highest BCUT2D eigenvalue weighted by molar-refractivity contribution is 7.16. The number of benzene rings is 1. The van der Waals surface area contributed by atoms with Gasteiger partial charge >= 0.3 is 0 Å². The lowest BCUT2D eigenvalue weighted by molar-refractivity contribution is 0.102. The molecule has 0 fully saturated rings. The summed E-state index contributed by atoms with van der Waals surface area (Å²) in [6.45, 7) is 1.47. The highest BCUT2D eigenvalue weighted by Gasteiger charge is 2.17. The maximum Gasteiger partial charge on any atom is 0.286 e. The number of nitrogens with two attached hydrogens (primary N) is 1. The lowest BCUT2D eigenvalue weighted by atomic mass is 10.2. The van der Waals surface area contributed by atoms with E-state index >= 15 is 0 Å². The molecule has 5 nitrogen and oxygen atoms in total. The Morgan fingerprint density at radius 2 is 2.11 bits per heavy atom. The standard InChI is InChI=1S/C10H8F2N4OS/c1-4-2-3-5(11)7(6(4)12)14-8(17)9-15-16-10(13)18-9/h2-3H,1H3,(H2,13,16)(H,14,17). The van der Waals surface area contributed by atoms with Gasteiger partial charge in [0.1, 0.15) is 11.5 Å². The van der Waals surface area contributed by atoms with Crippen LogP contribution in [0.4, 0.5) is 19.6 Å². The molecule has 18 heavy (non-hydrogen) atoms. The Morgan fingerprint density at radius 3 is 2.72 bits per heavy atom. The third-order valence-electron chi connectivity index (χ3n) is 2.16. The quantitative estimate of drug-likeness (QED) is 0.874. The highest BCUT2D eigenvalue weighted by atomic mass is 32.1. The number of carbonyl (C=O) groups is 1. The molecule has 1 amide bonds. The van der Waals surface area contributed by atoms with Crippen molar-refractivity contribution in [3.05, 3.63) is 34.3 Å². The van der Waals surface area contributed by atoms with Gasteiger partial charge in [0.05, 0.1) is 0 Å². The summed E-state index contributed by atoms with van der Waals surface area (Å²) in [4.78, 5) is 11.7. The van der Waals surface area contributed by atoms with Crippen molar-refractivity contribution in [1.82, 2.24) is 10.2 Å². The number of nitrogens with one attached hydrogen (secondary N) is 1. The average molecular weight is 270 g/mol. The fraction of sp³-hybridized carbons (Fsp3) is 0.100. The van der Waals surface area contributed by atoms with Gasteiger partial charge in [0, 0.05) is 0 Å². The Hall–Kier alpha value is -2.09. The zero-order valence-electron chi connectivity index (χ0n) is 9.20. The Bertz CT molecular complexity index is 614. The Morgan fingerprint density at radius 1 is 1.39 bits per heavy atom. The fourth-order valence-electron chi connectivity index (χ4n) is 1.26. The summed E-state index contributed by atoms with van der Waals surface area (Å²) in [5.74, 6) is -2.43. The first-order chi connectivity index (χ1) is 8.49. The van der Waals surface area contributed by atoms with Crippen molar-refractivity contribution in [2.45, 2.75) is 6.92 Å². The van der Waals surface area contributed by atoms with Crippen molar-refractivity contribution in [2.75, 3.05) is 11.1 Å². The summed E-state index contributed by atoms with van der Waals surface area (Å²) in [5, 5.41) is 9.07. The number of nitrogen functional groups attached to an aromatic ring is 1. The van der Waals surface area contributed by atoms with E-state index in [-0.39, 0.29) is 15.7 Å². The van der Waals surface area contributed by atoms with Crippen LogP contribution in [0.15, 0.2) is 12.1 Å². The van der Waals surface area contributed by atoms with Gasteiger partial charge in [-0.2, -0.15) is 0 Å². The van der Waals surface area contributed by atoms with Crippen LogP contribution in [0.3, 0.4) is 0 Å². The largest absolute Gasteiger partial charge is 0.374 e. The normalized spacial score (nSPS) is 10.4. The molecule has 1 aromatic heterocycles. The van der Waals surface area contributed by atoms with Gasteiger partial charge in [-0.05, 0) is 18.6 Å². The molecule has 0 saturated heterocycles. The van der Waals surface area contributed by atoms with Crippen molar-refractivity contribution in [3.63, 3.8) is 0 Å². The second kappa shape index (κ2) is 4.65. The van der Waals surface area contributed by atoms with Crippen LogP contribution in [0.25, 0.3) is 0 Å². The summed E-state index contributed by atoms with van der Waals surface area (Å²) in [6, 6.07) is 2.35. The van der Waals surface area contributed by atoms with E-state index in [1.165, 1.54) is 13.0 Å². The van der Waals surface area contributed by atoms with Gasteiger partial charge in [-0.25, -0.2) is 8.78 Å². The third kappa shape index (κ3) is 2.28. The third-order valence-corrected chi connectivity index (χ3v) is 2.91. The molecule has 2 rings (SSSR count). The molecule has 0 bridgehead atoms. The summed E-state index contributed by atoms with van der Waals surface area (Å²) < 4.78 is 27.0. The van der Waals surface area contributed by atoms with Crippen molar-refractivity contribution in [2.24, 2.45) is 0 Å². The number of carbonyl (C=O) groups excluding carboxylic acids is 1. The van der Waals surface area contributed by atoms with Crippen LogP contribution in [0, 0.1) is 18.6 Å². The first-order valence-corrected chi connectivity index (χ1v) is 5.65. The lowest BCUT2D eigenvalue weighted by Gasteiger charge is -2.07. The van der Waals surface area contributed by atoms with E-state index in [1.807, 2.05) is 0 Å². The van der Waals surface area contributed by atoms with Gasteiger partial charge in [0.2, 0.25) is 10.1 Å². The van der Waals surface area contributed by atoms with Crippen molar-refractivity contribution < 1.29 is 13.6 Å². The molecule has 1 heterocycles. The number of amides is 1. The molecule has 2 aromatic rings. The molecule has 0 aliphatic heterocycles. The van der Waals surface area contributed by atoms with E-state index in [0.29, 0.717) is 0 Å². The van der Waals surface area contributed by atoms with Crippen LogP contribution in [0.2, 0.25) is 0 Å². The van der Waals surface area contributed by atoms with E-state index in [0.717, 1.165) is 17.4 Å². The van der Waals surface area contributed by atoms with Crippen molar-refractivity contribution in [1.29, 1.82) is 0 Å². The van der Waals surface area contributed by atoms with E-state index in [4.69, 9.17) is 5.73 Å². The lowest BCUT2D eigenvalue weighted by Crippen LogP contribution is -2.14. The maximum absolute atomic E-state index is 13.6. The molecule has 0 radical (unpaired) electrons. The maximum atomic E-state index is 13.6. The Kier molecular flexibility index (Phi) is 3.19. The molecule has 1 aromatic carbocycles. The SMILES string of the molecule is Cc1ccc(F)c(NC(=O)c2nnc(N)s2)c1F. The summed E-state index contributed by atoms with van der Waals surface area (Å²) in [5.41, 5.74) is 5.03. The van der Waals surface area contributed by atoms with Gasteiger partial charge in [0.15, 0.2) is 5.82 Å². The minimum Gasteiger partial charge on any atom is -0.374 e. The van der Waals surface area contributed by atoms with E-state index in [2.05, 4.69) is 15.5 Å². The van der Waals surface area contributed by atoms with Gasteiger partial charge in [-0.3, -0.25) is 4.79 Å². The Balaban J connectivity index is 2.30. The molecule has 0 aliphatic carbocycles. The van der Waals surface area contributed by atoms with Crippen LogP contribution in [0.1, 0.15) is 15.4 Å². The molecule has 0 aliphatic rings. The topological polar surface area (TPSA) is 80.9 Å². The second-order valence-electron chi connectivity index (χ2n) is 3.45. The molecule has 0 saturated carbocycles. The van der Waals surface area contributed by atoms with Gasteiger partial charge in [-0.1, -0.05) is 17.4 Å². The summed E-state index contributed by atoms with van der Waals surface area (Å²) in [6.07, 6.45) is 0. The predicted octanol–water partition coefficient (Wildman–Crippen LogP) is 1.96. The summed E-state index contributed by atoms with van der Waals surface area (Å²) in [7, 11) is 0. The van der Waals surface area contributed by atoms with Gasteiger partial charge in [0.25, 0.3) is 5.91 Å². The van der Waals surface area contributed by atoms with E-state index < -0.39 is 23.2 Å². The van der Waals surface area contributed by atoms with Crippen LogP contribution < -0.4 is 11.1 Å². The van der Waals surface area contributed by atoms with Gasteiger partial charge in [-0.15, -0.1) is 10.2 Å². The molecule has 8 heteroatoms. The number of nitrogens with zero attached hydrogens (tertiary/aromatic N) is 2. The van der Waals surface area contributed by atoms with Crippen LogP contribution in [0.5, 0.6) is 0 Å². The predicted molar refractivity (Wildman–Crippen MR) is 63.4 cm³/mol. The number of aromatic nitrogens is 2. The van der Waals surface area contributed by atoms with Crippen molar-refractivity contribution >= 4 is 28.1 Å². The number of hydrogen-bond donors (Lipinski definition) is 2. The average Bonchev–Trinajstić information content (AvgIpc) is 2.76. The highest BCUT2D eigenvalue weighted by Crippen LogP contribution is 2.23. The zero-order chi connectivity index (χ0) is 13.3. The smallest absolute Gasteiger partial charge is 0.286 e. The molecule has 0 spiro atoms.